The van der Waals surface area contributed by atoms with Gasteiger partial charge in [-0.1, -0.05) is 36.4 Å². The number of nitrogens with zero attached hydrogens (tertiary/aromatic N) is 1. The normalized spacial score (nSPS) is 11.7. The van der Waals surface area contributed by atoms with E-state index in [0.29, 0.717) is 19.5 Å². The summed E-state index contributed by atoms with van der Waals surface area (Å²) in [6.45, 7) is 1.15. The van der Waals surface area contributed by atoms with Crippen LogP contribution in [0, 0.1) is 0 Å². The quantitative estimate of drug-likeness (QED) is 0.593. The lowest BCUT2D eigenvalue weighted by Crippen LogP contribution is -2.46. The number of carbonyl (C=O) groups excluding carboxylic acids is 2. The van der Waals surface area contributed by atoms with Gasteiger partial charge in [-0.2, -0.15) is 0 Å². The van der Waals surface area contributed by atoms with E-state index in [4.69, 9.17) is 5.73 Å². The molecule has 0 aliphatic rings. The smallest absolute Gasteiger partial charge is 0.240 e. The topological polar surface area (TPSA) is 97.1 Å². The van der Waals surface area contributed by atoms with Crippen LogP contribution in [-0.4, -0.2) is 29.4 Å². The zero-order valence-electron chi connectivity index (χ0n) is 13.4. The molecule has 1 atom stereocenters. The molecule has 1 aromatic carbocycles. The summed E-state index contributed by atoms with van der Waals surface area (Å²) in [4.78, 5) is 27.6. The van der Waals surface area contributed by atoms with E-state index in [-0.39, 0.29) is 12.3 Å². The van der Waals surface area contributed by atoms with Gasteiger partial charge in [0.25, 0.3) is 0 Å². The molecule has 6 heteroatoms. The Labute approximate surface area is 141 Å². The Morgan fingerprint density at radius 2 is 1.83 bits per heavy atom. The Balaban J connectivity index is 1.73. The number of aromatic nitrogens is 1. The maximum absolute atomic E-state index is 12.0. The van der Waals surface area contributed by atoms with Gasteiger partial charge >= 0.3 is 0 Å². The van der Waals surface area contributed by atoms with E-state index in [1.165, 1.54) is 0 Å². The van der Waals surface area contributed by atoms with Crippen LogP contribution in [0.25, 0.3) is 0 Å². The van der Waals surface area contributed by atoms with Crippen LogP contribution < -0.4 is 16.4 Å². The van der Waals surface area contributed by atoms with Gasteiger partial charge in [-0.15, -0.1) is 0 Å². The summed E-state index contributed by atoms with van der Waals surface area (Å²) in [5, 5.41) is 5.87. The number of benzene rings is 1. The minimum atomic E-state index is -0.696. The average molecular weight is 326 g/mol. The lowest BCUT2D eigenvalue weighted by Gasteiger charge is -2.15. The van der Waals surface area contributed by atoms with Crippen LogP contribution in [0.3, 0.4) is 0 Å². The second kappa shape index (κ2) is 9.42. The largest absolute Gasteiger partial charge is 0.368 e. The van der Waals surface area contributed by atoms with Gasteiger partial charge < -0.3 is 16.4 Å². The third kappa shape index (κ3) is 6.18. The van der Waals surface area contributed by atoms with Gasteiger partial charge in [-0.25, -0.2) is 0 Å². The molecule has 0 radical (unpaired) electrons. The molecule has 1 heterocycles. The number of pyridine rings is 1. The van der Waals surface area contributed by atoms with Crippen LogP contribution in [0.15, 0.2) is 54.9 Å². The number of hydrogen-bond donors (Lipinski definition) is 3. The van der Waals surface area contributed by atoms with Gasteiger partial charge in [0.1, 0.15) is 6.04 Å². The Morgan fingerprint density at radius 1 is 1.08 bits per heavy atom. The average Bonchev–Trinajstić information content (AvgIpc) is 2.60. The zero-order chi connectivity index (χ0) is 17.2. The van der Waals surface area contributed by atoms with Crippen molar-refractivity contribution in [1.82, 2.24) is 15.6 Å². The summed E-state index contributed by atoms with van der Waals surface area (Å²) in [5.74, 6) is -0.732. The van der Waals surface area contributed by atoms with Gasteiger partial charge in [-0.05, 0) is 17.2 Å². The van der Waals surface area contributed by atoms with Gasteiger partial charge in [0, 0.05) is 38.3 Å². The van der Waals surface area contributed by atoms with Crippen LogP contribution in [0.1, 0.15) is 17.5 Å². The molecule has 0 aliphatic carbocycles. The number of nitrogens with one attached hydrogen (secondary N) is 2. The maximum atomic E-state index is 12.0. The van der Waals surface area contributed by atoms with Crippen molar-refractivity contribution in [3.05, 3.63) is 66.0 Å². The molecule has 2 rings (SSSR count). The van der Waals surface area contributed by atoms with Crippen LogP contribution in [0.5, 0.6) is 0 Å². The first kappa shape index (κ1) is 17.6. The first-order valence-electron chi connectivity index (χ1n) is 7.87. The van der Waals surface area contributed by atoms with Gasteiger partial charge in [0.15, 0.2) is 0 Å². The van der Waals surface area contributed by atoms with Crippen LogP contribution >= 0.6 is 0 Å². The summed E-state index contributed by atoms with van der Waals surface area (Å²) >= 11 is 0. The summed E-state index contributed by atoms with van der Waals surface area (Å²) in [6, 6.07) is 12.6. The maximum Gasteiger partial charge on any atom is 0.240 e. The van der Waals surface area contributed by atoms with Gasteiger partial charge in [0.05, 0.1) is 0 Å². The van der Waals surface area contributed by atoms with Crippen molar-refractivity contribution >= 4 is 11.8 Å². The summed E-state index contributed by atoms with van der Waals surface area (Å²) < 4.78 is 0. The Bertz CT molecular complexity index is 647. The Hall–Kier alpha value is -2.73. The van der Waals surface area contributed by atoms with E-state index in [0.717, 1.165) is 11.1 Å². The van der Waals surface area contributed by atoms with Crippen LogP contribution in [0.2, 0.25) is 0 Å². The minimum Gasteiger partial charge on any atom is -0.368 e. The molecule has 0 saturated carbocycles. The van der Waals surface area contributed by atoms with Crippen molar-refractivity contribution in [1.29, 1.82) is 0 Å². The van der Waals surface area contributed by atoms with Crippen molar-refractivity contribution in [3.63, 3.8) is 0 Å². The molecule has 24 heavy (non-hydrogen) atoms. The molecule has 1 aromatic heterocycles. The highest BCUT2D eigenvalue weighted by atomic mass is 16.2. The Kier molecular flexibility index (Phi) is 6.91. The second-order valence-corrected chi connectivity index (χ2v) is 5.50. The molecule has 126 valence electrons. The fourth-order valence-corrected chi connectivity index (χ4v) is 2.28. The zero-order valence-corrected chi connectivity index (χ0v) is 13.4. The van der Waals surface area contributed by atoms with E-state index >= 15 is 0 Å². The van der Waals surface area contributed by atoms with Crippen molar-refractivity contribution in [2.45, 2.75) is 25.4 Å². The van der Waals surface area contributed by atoms with Crippen molar-refractivity contribution < 1.29 is 9.59 Å². The summed E-state index contributed by atoms with van der Waals surface area (Å²) in [5.41, 5.74) is 7.40. The first-order chi connectivity index (χ1) is 11.6. The lowest BCUT2D eigenvalue weighted by molar-refractivity contribution is -0.127. The predicted octanol–water partition coefficient (Wildman–Crippen LogP) is 0.774. The number of primary amides is 1. The van der Waals surface area contributed by atoms with Crippen LogP contribution in [0.4, 0.5) is 0 Å². The first-order valence-corrected chi connectivity index (χ1v) is 7.87. The molecule has 0 fully saturated rings. The van der Waals surface area contributed by atoms with E-state index in [2.05, 4.69) is 15.6 Å². The predicted molar refractivity (Wildman–Crippen MR) is 91.8 cm³/mol. The molecule has 6 nitrogen and oxygen atoms in total. The van der Waals surface area contributed by atoms with E-state index in [1.54, 1.807) is 12.4 Å². The van der Waals surface area contributed by atoms with Gasteiger partial charge in [0.2, 0.25) is 11.8 Å². The van der Waals surface area contributed by atoms with Crippen molar-refractivity contribution in [2.24, 2.45) is 5.73 Å². The molecule has 0 bridgehead atoms. The molecular weight excluding hydrogens is 304 g/mol. The molecular formula is C18H22N4O2. The molecule has 4 N–H and O–H groups in total. The Morgan fingerprint density at radius 3 is 2.50 bits per heavy atom. The van der Waals surface area contributed by atoms with Crippen molar-refractivity contribution in [3.8, 4) is 0 Å². The highest BCUT2D eigenvalue weighted by molar-refractivity contribution is 5.86. The molecule has 0 spiro atoms. The highest BCUT2D eigenvalue weighted by Gasteiger charge is 2.18. The number of hydrogen-bond acceptors (Lipinski definition) is 4. The lowest BCUT2D eigenvalue weighted by atomic mass is 10.1. The standard InChI is InChI=1S/C18H22N4O2/c19-18(24)16(11-14-5-2-1-3-6-14)22-17(23)8-10-21-13-15-7-4-9-20-12-15/h1-7,9,12,16,21H,8,10-11,13H2,(H2,19,24)(H,22,23)/t16-/m0/s1. The summed E-state index contributed by atoms with van der Waals surface area (Å²) in [6.07, 6.45) is 4.16. The third-order valence-electron chi connectivity index (χ3n) is 3.54. The van der Waals surface area contributed by atoms with E-state index < -0.39 is 11.9 Å². The number of carbonyl (C=O) groups is 2. The summed E-state index contributed by atoms with van der Waals surface area (Å²) in [7, 11) is 0. The highest BCUT2D eigenvalue weighted by Crippen LogP contribution is 2.03. The molecule has 2 amide bonds. The molecule has 0 aliphatic heterocycles. The fourth-order valence-electron chi connectivity index (χ4n) is 2.28. The van der Waals surface area contributed by atoms with Crippen LogP contribution in [-0.2, 0) is 22.6 Å². The monoisotopic (exact) mass is 326 g/mol. The number of amides is 2. The second-order valence-electron chi connectivity index (χ2n) is 5.50. The van der Waals surface area contributed by atoms with Gasteiger partial charge in [-0.3, -0.25) is 14.6 Å². The molecule has 2 aromatic rings. The third-order valence-corrected chi connectivity index (χ3v) is 3.54. The number of nitrogens with two attached hydrogens (primary N) is 1. The molecule has 0 unspecified atom stereocenters. The van der Waals surface area contributed by atoms with Crippen molar-refractivity contribution in [2.75, 3.05) is 6.54 Å². The van der Waals surface area contributed by atoms with E-state index in [1.807, 2.05) is 42.5 Å². The minimum absolute atomic E-state index is 0.201. The fraction of sp³-hybridized carbons (Fsp3) is 0.278. The number of rotatable bonds is 9. The molecule has 0 saturated heterocycles. The van der Waals surface area contributed by atoms with E-state index in [9.17, 15) is 9.59 Å². The SMILES string of the molecule is NC(=O)[C@H](Cc1ccccc1)NC(=O)CCNCc1cccnc1.